The molecule has 47 heavy (non-hydrogen) atoms. The van der Waals surface area contributed by atoms with E-state index in [9.17, 15) is 19.8 Å². The standard InChI is InChI=1S/C18H24N2.2C11H20O2.Cr/c1-17(2,3)13-7-9-19-15(11-13)16-12-14(8-10-20-16)18(4,5)6;2*1-10(2,3)8(12)7-9(13)11(4,5)6;/h7-12H,1-6H3;2*7,12H,1-6H3;/q;;;+2/p-2/b;2*8-7-;. The summed E-state index contributed by atoms with van der Waals surface area (Å²) in [6.45, 7) is 35.0. The van der Waals surface area contributed by atoms with Crippen molar-refractivity contribution in [2.24, 2.45) is 21.7 Å². The first kappa shape index (κ1) is 46.4. The second-order valence-electron chi connectivity index (χ2n) is 18.1. The van der Waals surface area contributed by atoms with E-state index in [1.807, 2.05) is 95.5 Å². The summed E-state index contributed by atoms with van der Waals surface area (Å²) in [5.74, 6) is -0.417. The average Bonchev–Trinajstić information content (AvgIpc) is 2.86. The summed E-state index contributed by atoms with van der Waals surface area (Å²) in [4.78, 5) is 31.9. The van der Waals surface area contributed by atoms with E-state index >= 15 is 0 Å². The number of hydrogen-bond acceptors (Lipinski definition) is 6. The number of carbonyl (C=O) groups excluding carboxylic acids is 2. The van der Waals surface area contributed by atoms with Gasteiger partial charge in [-0.15, -0.1) is 11.5 Å². The van der Waals surface area contributed by atoms with Gasteiger partial charge in [-0.25, -0.2) is 0 Å². The zero-order chi connectivity index (χ0) is 36.7. The first-order valence-electron chi connectivity index (χ1n) is 16.1. The van der Waals surface area contributed by atoms with Crippen LogP contribution in [0.1, 0.15) is 136 Å². The maximum Gasteiger partial charge on any atom is 2.00 e. The van der Waals surface area contributed by atoms with Crippen molar-refractivity contribution in [3.8, 4) is 11.4 Å². The molecule has 0 atom stereocenters. The summed E-state index contributed by atoms with van der Waals surface area (Å²) >= 11 is 0. The molecule has 7 heteroatoms. The second-order valence-corrected chi connectivity index (χ2v) is 18.1. The third kappa shape index (κ3) is 17.3. The monoisotopic (exact) mass is 686 g/mol. The van der Waals surface area contributed by atoms with Gasteiger partial charge in [-0.1, -0.05) is 125 Å². The van der Waals surface area contributed by atoms with E-state index in [0.29, 0.717) is 0 Å². The van der Waals surface area contributed by atoms with Gasteiger partial charge in [-0.05, 0) is 69.2 Å². The van der Waals surface area contributed by atoms with E-state index < -0.39 is 21.7 Å². The normalized spacial score (nSPS) is 13.3. The van der Waals surface area contributed by atoms with Gasteiger partial charge in [-0.2, -0.15) is 0 Å². The summed E-state index contributed by atoms with van der Waals surface area (Å²) < 4.78 is 0. The van der Waals surface area contributed by atoms with Crippen LogP contribution in [0, 0.1) is 21.7 Å². The first-order valence-corrected chi connectivity index (χ1v) is 16.1. The number of hydrogen-bond donors (Lipinski definition) is 0. The Bertz CT molecular complexity index is 1270. The fourth-order valence-electron chi connectivity index (χ4n) is 3.18. The largest absolute Gasteiger partial charge is 2.00 e. The average molecular weight is 687 g/mol. The molecular weight excluding hydrogens is 624 g/mol. The molecule has 0 aromatic carbocycles. The Balaban J connectivity index is 0. The van der Waals surface area contributed by atoms with Crippen molar-refractivity contribution in [2.75, 3.05) is 0 Å². The van der Waals surface area contributed by atoms with Crippen LogP contribution in [-0.2, 0) is 37.8 Å². The number of aromatic nitrogens is 2. The van der Waals surface area contributed by atoms with Crippen LogP contribution in [0.2, 0.25) is 0 Å². The van der Waals surface area contributed by atoms with Crippen LogP contribution in [0.3, 0.4) is 0 Å². The van der Waals surface area contributed by atoms with Gasteiger partial charge in [0.15, 0.2) is 11.6 Å². The SMILES string of the molecule is CC(C)(C)C(=O)/C=C(\[O-])C(C)(C)C.CC(C)(C)C(=O)/C=C(\[O-])C(C)(C)C.CC(C)(C)c1ccnc(-c2cc(C(C)(C)C)ccn2)c1.[Cr+2]. The number of allylic oxidation sites excluding steroid dienone is 4. The molecule has 262 valence electrons. The molecule has 2 heterocycles. The second kappa shape index (κ2) is 17.1. The van der Waals surface area contributed by atoms with E-state index in [4.69, 9.17) is 0 Å². The number of pyridine rings is 2. The molecule has 0 bridgehead atoms. The number of rotatable bonds is 3. The predicted molar refractivity (Wildman–Crippen MR) is 189 cm³/mol. The van der Waals surface area contributed by atoms with Crippen LogP contribution in [0.25, 0.3) is 11.4 Å². The summed E-state index contributed by atoms with van der Waals surface area (Å²) in [7, 11) is 0. The Morgan fingerprint density at radius 3 is 0.957 bits per heavy atom. The van der Waals surface area contributed by atoms with E-state index in [1.54, 1.807) is 0 Å². The molecular formula is C40H62CrN2O4. The molecule has 0 saturated carbocycles. The van der Waals surface area contributed by atoms with Crippen LogP contribution in [-0.4, -0.2) is 21.5 Å². The fourth-order valence-corrected chi connectivity index (χ4v) is 3.18. The molecule has 2 aromatic rings. The molecule has 0 amide bonds. The van der Waals surface area contributed by atoms with Crippen molar-refractivity contribution in [3.05, 3.63) is 71.5 Å². The molecule has 0 fully saturated rings. The van der Waals surface area contributed by atoms with Crippen LogP contribution in [0.5, 0.6) is 0 Å². The molecule has 0 radical (unpaired) electrons. The Morgan fingerprint density at radius 1 is 0.511 bits per heavy atom. The van der Waals surface area contributed by atoms with Gasteiger partial charge in [0.25, 0.3) is 0 Å². The van der Waals surface area contributed by atoms with Gasteiger partial charge in [0.2, 0.25) is 0 Å². The van der Waals surface area contributed by atoms with Crippen molar-refractivity contribution in [1.82, 2.24) is 9.97 Å². The van der Waals surface area contributed by atoms with Crippen molar-refractivity contribution >= 4 is 11.6 Å². The van der Waals surface area contributed by atoms with Crippen LogP contribution >= 0.6 is 0 Å². The summed E-state index contributed by atoms with van der Waals surface area (Å²) in [6.07, 6.45) is 6.20. The van der Waals surface area contributed by atoms with Crippen molar-refractivity contribution in [3.63, 3.8) is 0 Å². The van der Waals surface area contributed by atoms with Gasteiger partial charge in [-0.3, -0.25) is 19.6 Å². The van der Waals surface area contributed by atoms with E-state index in [0.717, 1.165) is 11.4 Å². The molecule has 0 spiro atoms. The number of carbonyl (C=O) groups is 2. The third-order valence-corrected chi connectivity index (χ3v) is 7.00. The zero-order valence-electron chi connectivity index (χ0n) is 32.6. The van der Waals surface area contributed by atoms with Gasteiger partial charge in [0.05, 0.1) is 11.4 Å². The molecule has 2 aromatic heterocycles. The van der Waals surface area contributed by atoms with Crippen LogP contribution in [0.4, 0.5) is 0 Å². The predicted octanol–water partition coefficient (Wildman–Crippen LogP) is 8.52. The van der Waals surface area contributed by atoms with Gasteiger partial charge >= 0.3 is 17.4 Å². The Kier molecular flexibility index (Phi) is 16.8. The molecule has 0 N–H and O–H groups in total. The fraction of sp³-hybridized carbons (Fsp3) is 0.600. The molecule has 0 aliphatic rings. The van der Waals surface area contributed by atoms with E-state index in [1.165, 1.54) is 23.3 Å². The maximum atomic E-state index is 11.4. The van der Waals surface area contributed by atoms with Crippen molar-refractivity contribution < 1.29 is 37.2 Å². The molecule has 0 aliphatic carbocycles. The Labute approximate surface area is 297 Å². The minimum Gasteiger partial charge on any atom is -0.875 e. The summed E-state index contributed by atoms with van der Waals surface area (Å²) in [5.41, 5.74) is 2.88. The van der Waals surface area contributed by atoms with E-state index in [-0.39, 0.29) is 51.3 Å². The van der Waals surface area contributed by atoms with Gasteiger partial charge < -0.3 is 10.2 Å². The van der Waals surface area contributed by atoms with Crippen LogP contribution < -0.4 is 10.2 Å². The van der Waals surface area contributed by atoms with Gasteiger partial charge in [0, 0.05) is 23.2 Å². The Hall–Kier alpha value is -2.75. The van der Waals surface area contributed by atoms with Crippen molar-refractivity contribution in [1.29, 1.82) is 0 Å². The summed E-state index contributed by atoms with van der Waals surface area (Å²) in [6, 6.07) is 8.46. The zero-order valence-corrected chi connectivity index (χ0v) is 33.8. The number of nitrogens with zero attached hydrogens (tertiary/aromatic N) is 2. The van der Waals surface area contributed by atoms with E-state index in [2.05, 4.69) is 75.8 Å². The minimum absolute atomic E-state index is 0. The molecule has 0 unspecified atom stereocenters. The van der Waals surface area contributed by atoms with Crippen molar-refractivity contribution in [2.45, 2.75) is 135 Å². The number of ketones is 2. The smallest absolute Gasteiger partial charge is 0.875 e. The van der Waals surface area contributed by atoms with Gasteiger partial charge in [0.1, 0.15) is 0 Å². The molecule has 2 rings (SSSR count). The minimum atomic E-state index is -0.457. The maximum absolute atomic E-state index is 11.4. The molecule has 0 saturated heterocycles. The quantitative estimate of drug-likeness (QED) is 0.237. The molecule has 0 aliphatic heterocycles. The molecule has 6 nitrogen and oxygen atoms in total. The van der Waals surface area contributed by atoms with Crippen LogP contribution in [0.15, 0.2) is 60.3 Å². The summed E-state index contributed by atoms with van der Waals surface area (Å²) in [5, 5.41) is 22.9. The third-order valence-electron chi connectivity index (χ3n) is 7.00. The Morgan fingerprint density at radius 2 is 0.766 bits per heavy atom. The first-order chi connectivity index (χ1) is 20.3. The topological polar surface area (TPSA) is 106 Å².